The Morgan fingerprint density at radius 3 is 2.29 bits per heavy atom. The van der Waals surface area contributed by atoms with Gasteiger partial charge in [0.05, 0.1) is 6.61 Å². The van der Waals surface area contributed by atoms with Crippen LogP contribution in [0.5, 0.6) is 0 Å². The van der Waals surface area contributed by atoms with Crippen molar-refractivity contribution in [1.82, 2.24) is 0 Å². The minimum atomic E-state index is -2.85. The maximum Gasteiger partial charge on any atom is 0.257 e. The molecule has 44 valence electrons. The number of rotatable bonds is 3. The Hall–Kier alpha value is -0.160. The first-order valence-electron chi connectivity index (χ1n) is 1.60. The lowest BCUT2D eigenvalue weighted by atomic mass is 10.9. The number of hydrogen-bond donors (Lipinski definition) is 1. The lowest BCUT2D eigenvalue weighted by molar-refractivity contribution is 0.287. The molecular formula is C2H5FO3S. The van der Waals surface area contributed by atoms with Crippen LogP contribution < -0.4 is 0 Å². The molecule has 0 heterocycles. The first-order valence-corrected chi connectivity index (χ1v) is 2.70. The van der Waals surface area contributed by atoms with E-state index in [1.54, 1.807) is 0 Å². The molecule has 0 aliphatic heterocycles. The monoisotopic (exact) mass is 128 g/mol. The fourth-order valence-electron chi connectivity index (χ4n) is 0.109. The molecule has 0 bridgehead atoms. The van der Waals surface area contributed by atoms with Crippen molar-refractivity contribution in [3.8, 4) is 0 Å². The topological polar surface area (TPSA) is 43.4 Å². The van der Waals surface area contributed by atoms with Crippen molar-refractivity contribution in [2.24, 2.45) is 0 Å². The van der Waals surface area contributed by atoms with E-state index >= 15 is 0 Å². The average molecular weight is 128 g/mol. The molecular weight excluding hydrogens is 123 g/mol. The number of alkyl halides is 1. The molecule has 0 atom stereocenters. The highest BCUT2D eigenvalue weighted by Crippen LogP contribution is 1.71. The summed E-state index contributed by atoms with van der Waals surface area (Å²) < 4.78 is 33.5. The first-order chi connectivity index (χ1) is 3.27. The molecule has 0 fully saturated rings. The fraction of sp³-hybridized carbons (Fsp3) is 1.00. The van der Waals surface area contributed by atoms with Crippen LogP contribution in [-0.2, 0) is 15.2 Å². The molecule has 0 N–H and O–H groups in total. The smallest absolute Gasteiger partial charge is 0.257 e. The SMILES string of the molecule is O=[SH](=O)OCCF. The van der Waals surface area contributed by atoms with E-state index in [-0.39, 0.29) is 6.61 Å². The van der Waals surface area contributed by atoms with Crippen molar-refractivity contribution in [3.63, 3.8) is 0 Å². The molecule has 0 aromatic carbocycles. The van der Waals surface area contributed by atoms with Gasteiger partial charge in [0.2, 0.25) is 0 Å². The van der Waals surface area contributed by atoms with Gasteiger partial charge in [-0.25, -0.2) is 12.8 Å². The maximum atomic E-state index is 11.0. The van der Waals surface area contributed by atoms with Gasteiger partial charge in [-0.1, -0.05) is 0 Å². The third kappa shape index (κ3) is 5.84. The van der Waals surface area contributed by atoms with E-state index < -0.39 is 17.7 Å². The molecule has 0 aliphatic rings. The number of halogens is 1. The van der Waals surface area contributed by atoms with Crippen LogP contribution in [0.1, 0.15) is 0 Å². The van der Waals surface area contributed by atoms with E-state index in [4.69, 9.17) is 0 Å². The highest BCUT2D eigenvalue weighted by atomic mass is 32.2. The van der Waals surface area contributed by atoms with Gasteiger partial charge in [0.25, 0.3) is 11.0 Å². The van der Waals surface area contributed by atoms with Crippen molar-refractivity contribution in [2.45, 2.75) is 0 Å². The normalized spacial score (nSPS) is 10.0. The van der Waals surface area contributed by atoms with Gasteiger partial charge in [0, 0.05) is 0 Å². The van der Waals surface area contributed by atoms with Crippen molar-refractivity contribution in [2.75, 3.05) is 13.3 Å². The van der Waals surface area contributed by atoms with Crippen LogP contribution in [0, 0.1) is 0 Å². The van der Waals surface area contributed by atoms with Crippen LogP contribution in [0.4, 0.5) is 4.39 Å². The largest absolute Gasteiger partial charge is 0.269 e. The van der Waals surface area contributed by atoms with Gasteiger partial charge < -0.3 is 0 Å². The van der Waals surface area contributed by atoms with E-state index in [1.165, 1.54) is 0 Å². The van der Waals surface area contributed by atoms with E-state index in [2.05, 4.69) is 4.18 Å². The third-order valence-corrected chi connectivity index (χ3v) is 0.667. The highest BCUT2D eigenvalue weighted by molar-refractivity contribution is 7.67. The van der Waals surface area contributed by atoms with Crippen LogP contribution in [0.25, 0.3) is 0 Å². The number of thiol groups is 1. The molecule has 7 heavy (non-hydrogen) atoms. The molecule has 0 rings (SSSR count). The third-order valence-electron chi connectivity index (χ3n) is 0.274. The molecule has 0 radical (unpaired) electrons. The molecule has 0 aliphatic carbocycles. The quantitative estimate of drug-likeness (QED) is 0.521. The van der Waals surface area contributed by atoms with Crippen molar-refractivity contribution >= 4 is 11.0 Å². The predicted molar refractivity (Wildman–Crippen MR) is 22.2 cm³/mol. The van der Waals surface area contributed by atoms with Crippen molar-refractivity contribution in [1.29, 1.82) is 0 Å². The molecule has 0 aromatic heterocycles. The van der Waals surface area contributed by atoms with Crippen LogP contribution in [-0.4, -0.2) is 21.7 Å². The molecule has 0 amide bonds. The van der Waals surface area contributed by atoms with Crippen LogP contribution in [0.15, 0.2) is 0 Å². The molecule has 0 saturated carbocycles. The lowest BCUT2D eigenvalue weighted by Gasteiger charge is -1.82. The van der Waals surface area contributed by atoms with E-state index in [0.29, 0.717) is 0 Å². The summed E-state index contributed by atoms with van der Waals surface area (Å²) in [6, 6.07) is 0. The van der Waals surface area contributed by atoms with E-state index in [1.807, 2.05) is 0 Å². The van der Waals surface area contributed by atoms with Gasteiger partial charge in [0.15, 0.2) is 0 Å². The summed E-state index contributed by atoms with van der Waals surface area (Å²) in [5.74, 6) is 0. The highest BCUT2D eigenvalue weighted by Gasteiger charge is 1.81. The zero-order chi connectivity index (χ0) is 5.70. The van der Waals surface area contributed by atoms with Gasteiger partial charge in [-0.3, -0.25) is 4.18 Å². The molecule has 3 nitrogen and oxygen atoms in total. The van der Waals surface area contributed by atoms with Crippen LogP contribution in [0.2, 0.25) is 0 Å². The van der Waals surface area contributed by atoms with Crippen molar-refractivity contribution < 1.29 is 17.0 Å². The Kier molecular flexibility index (Phi) is 3.92. The Bertz CT molecular complexity index is 91.1. The van der Waals surface area contributed by atoms with Crippen molar-refractivity contribution in [3.05, 3.63) is 0 Å². The van der Waals surface area contributed by atoms with E-state index in [0.717, 1.165) is 0 Å². The Morgan fingerprint density at radius 1 is 1.57 bits per heavy atom. The molecule has 0 spiro atoms. The summed E-state index contributed by atoms with van der Waals surface area (Å²) in [5, 5.41) is 0. The summed E-state index contributed by atoms with van der Waals surface area (Å²) in [6.07, 6.45) is 0. The second-order valence-corrected chi connectivity index (χ2v) is 1.45. The summed E-state index contributed by atoms with van der Waals surface area (Å²) in [6.45, 7) is -1.12. The first kappa shape index (κ1) is 6.84. The minimum Gasteiger partial charge on any atom is -0.269 e. The zero-order valence-corrected chi connectivity index (χ0v) is 4.36. The van der Waals surface area contributed by atoms with Gasteiger partial charge in [0.1, 0.15) is 6.67 Å². The predicted octanol–water partition coefficient (Wildman–Crippen LogP) is -0.501. The molecule has 5 heteroatoms. The second-order valence-electron chi connectivity index (χ2n) is 0.746. The van der Waals surface area contributed by atoms with Gasteiger partial charge in [-0.2, -0.15) is 0 Å². The van der Waals surface area contributed by atoms with Gasteiger partial charge >= 0.3 is 0 Å². The number of hydrogen-bond acceptors (Lipinski definition) is 3. The summed E-state index contributed by atoms with van der Waals surface area (Å²) in [4.78, 5) is 0. The minimum absolute atomic E-state index is 0.362. The summed E-state index contributed by atoms with van der Waals surface area (Å²) >= 11 is 0. The van der Waals surface area contributed by atoms with Gasteiger partial charge in [-0.05, 0) is 0 Å². The second kappa shape index (κ2) is 4.01. The molecule has 0 aromatic rings. The van der Waals surface area contributed by atoms with Gasteiger partial charge in [-0.15, -0.1) is 0 Å². The maximum absolute atomic E-state index is 11.0. The fourth-order valence-corrected chi connectivity index (χ4v) is 0.327. The lowest BCUT2D eigenvalue weighted by Crippen LogP contribution is -1.92. The summed E-state index contributed by atoms with van der Waals surface area (Å²) in [7, 11) is -2.85. The van der Waals surface area contributed by atoms with E-state index in [9.17, 15) is 12.8 Å². The average Bonchev–Trinajstić information content (AvgIpc) is 1.61. The summed E-state index contributed by atoms with van der Waals surface area (Å²) in [5.41, 5.74) is 0. The van der Waals surface area contributed by atoms with Crippen LogP contribution >= 0.6 is 0 Å². The van der Waals surface area contributed by atoms with Crippen LogP contribution in [0.3, 0.4) is 0 Å². The molecule has 0 unspecified atom stereocenters. The Morgan fingerprint density at radius 2 is 2.14 bits per heavy atom. The standard InChI is InChI=1S/C2H5FO3S/c3-1-2-6-7(4)5/h7H,1-2H2. The Balaban J connectivity index is 2.98. The molecule has 0 saturated heterocycles. The zero-order valence-electron chi connectivity index (χ0n) is 3.46. The Labute approximate surface area is 42.2 Å².